The van der Waals surface area contributed by atoms with E-state index in [-0.39, 0.29) is 29.9 Å². The van der Waals surface area contributed by atoms with Gasteiger partial charge in [-0.3, -0.25) is 0 Å². The van der Waals surface area contributed by atoms with E-state index < -0.39 is 40.6 Å². The molecule has 2 atom stereocenters. The maximum absolute atomic E-state index is 14.1. The SMILES string of the molecule is CC(C)(C)OC(=O)N1CC=C2C(C#N)=C(N)C(C#N)(C#N)[C@@H](c3ccc(F)c(F)c3)[C@H]2C1. The first-order chi connectivity index (χ1) is 15.0. The van der Waals surface area contributed by atoms with Crippen molar-refractivity contribution in [1.29, 1.82) is 15.8 Å². The van der Waals surface area contributed by atoms with Crippen LogP contribution in [0.15, 0.2) is 41.1 Å². The molecule has 1 aromatic carbocycles. The summed E-state index contributed by atoms with van der Waals surface area (Å²) < 4.78 is 33.2. The van der Waals surface area contributed by atoms with E-state index in [1.807, 2.05) is 18.2 Å². The number of allylic oxidation sites excluding steroid dienone is 2. The van der Waals surface area contributed by atoms with Crippen LogP contribution in [0.5, 0.6) is 0 Å². The molecule has 1 heterocycles. The number of fused-ring (bicyclic) bond motifs is 1. The van der Waals surface area contributed by atoms with Crippen LogP contribution in [0.2, 0.25) is 0 Å². The van der Waals surface area contributed by atoms with Crippen LogP contribution in [-0.2, 0) is 4.74 Å². The fraction of sp³-hybridized carbons (Fsp3) is 0.391. The average Bonchev–Trinajstić information content (AvgIpc) is 2.73. The largest absolute Gasteiger partial charge is 0.444 e. The van der Waals surface area contributed by atoms with E-state index in [2.05, 4.69) is 0 Å². The van der Waals surface area contributed by atoms with Gasteiger partial charge in [-0.2, -0.15) is 15.8 Å². The molecule has 0 bridgehead atoms. The smallest absolute Gasteiger partial charge is 0.410 e. The Hall–Kier alpha value is -3.90. The van der Waals surface area contributed by atoms with Crippen LogP contribution in [-0.4, -0.2) is 29.7 Å². The minimum atomic E-state index is -2.02. The third kappa shape index (κ3) is 3.65. The van der Waals surface area contributed by atoms with Crippen molar-refractivity contribution in [2.45, 2.75) is 32.3 Å². The Bertz CT molecular complexity index is 1150. The first-order valence-electron chi connectivity index (χ1n) is 9.85. The zero-order chi connectivity index (χ0) is 23.8. The molecule has 0 saturated carbocycles. The lowest BCUT2D eigenvalue weighted by Crippen LogP contribution is -2.50. The summed E-state index contributed by atoms with van der Waals surface area (Å²) in [7, 11) is 0. The predicted octanol–water partition coefficient (Wildman–Crippen LogP) is 3.63. The van der Waals surface area contributed by atoms with Gasteiger partial charge >= 0.3 is 6.09 Å². The fourth-order valence-electron chi connectivity index (χ4n) is 4.24. The van der Waals surface area contributed by atoms with Crippen molar-refractivity contribution in [3.63, 3.8) is 0 Å². The molecule has 0 saturated heterocycles. The zero-order valence-corrected chi connectivity index (χ0v) is 17.8. The minimum absolute atomic E-state index is 0.00597. The van der Waals surface area contributed by atoms with Crippen LogP contribution < -0.4 is 5.73 Å². The van der Waals surface area contributed by atoms with Gasteiger partial charge in [0, 0.05) is 24.9 Å². The van der Waals surface area contributed by atoms with E-state index in [4.69, 9.17) is 10.5 Å². The molecule has 0 fully saturated rings. The number of rotatable bonds is 1. The maximum Gasteiger partial charge on any atom is 0.410 e. The number of halogens is 2. The van der Waals surface area contributed by atoms with Gasteiger partial charge in [0.05, 0.1) is 23.4 Å². The van der Waals surface area contributed by atoms with Gasteiger partial charge in [-0.05, 0) is 44.0 Å². The quantitative estimate of drug-likeness (QED) is 0.715. The Morgan fingerprint density at radius 1 is 1.22 bits per heavy atom. The van der Waals surface area contributed by atoms with E-state index in [0.29, 0.717) is 5.57 Å². The van der Waals surface area contributed by atoms with Gasteiger partial charge < -0.3 is 15.4 Å². The average molecular weight is 437 g/mol. The lowest BCUT2D eigenvalue weighted by atomic mass is 9.58. The van der Waals surface area contributed by atoms with Crippen molar-refractivity contribution in [3.05, 3.63) is 58.3 Å². The summed E-state index contributed by atoms with van der Waals surface area (Å²) >= 11 is 0. The number of benzene rings is 1. The number of hydrogen-bond donors (Lipinski definition) is 1. The predicted molar refractivity (Wildman–Crippen MR) is 109 cm³/mol. The van der Waals surface area contributed by atoms with Crippen molar-refractivity contribution in [3.8, 4) is 18.2 Å². The second kappa shape index (κ2) is 7.98. The van der Waals surface area contributed by atoms with Crippen molar-refractivity contribution in [2.24, 2.45) is 17.1 Å². The van der Waals surface area contributed by atoms with Crippen LogP contribution >= 0.6 is 0 Å². The Balaban J connectivity index is 2.21. The molecule has 0 spiro atoms. The third-order valence-electron chi connectivity index (χ3n) is 5.62. The number of nitrogens with zero attached hydrogens (tertiary/aromatic N) is 4. The normalized spacial score (nSPS) is 22.1. The maximum atomic E-state index is 14.1. The van der Waals surface area contributed by atoms with Gasteiger partial charge in [0.15, 0.2) is 17.0 Å². The summed E-state index contributed by atoms with van der Waals surface area (Å²) in [6, 6.07) is 8.88. The molecule has 7 nitrogen and oxygen atoms in total. The first-order valence-corrected chi connectivity index (χ1v) is 9.85. The summed E-state index contributed by atoms with van der Waals surface area (Å²) in [6.07, 6.45) is 1.01. The zero-order valence-electron chi connectivity index (χ0n) is 17.8. The van der Waals surface area contributed by atoms with Gasteiger partial charge in [0.1, 0.15) is 11.7 Å². The van der Waals surface area contributed by atoms with E-state index in [1.165, 1.54) is 11.0 Å². The van der Waals surface area contributed by atoms with E-state index in [1.54, 1.807) is 26.8 Å². The molecule has 0 unspecified atom stereocenters. The number of carbonyl (C=O) groups excluding carboxylic acids is 1. The Morgan fingerprint density at radius 3 is 2.41 bits per heavy atom. The van der Waals surface area contributed by atoms with Crippen molar-refractivity contribution in [1.82, 2.24) is 4.90 Å². The fourth-order valence-corrected chi connectivity index (χ4v) is 4.24. The molecule has 0 aromatic heterocycles. The molecule has 1 aliphatic carbocycles. The van der Waals surface area contributed by atoms with E-state index in [0.717, 1.165) is 12.1 Å². The number of ether oxygens (including phenoxy) is 1. The van der Waals surface area contributed by atoms with Gasteiger partial charge in [-0.15, -0.1) is 0 Å². The molecular formula is C23H21F2N5O2. The molecule has 2 aliphatic rings. The van der Waals surface area contributed by atoms with Gasteiger partial charge in [0.25, 0.3) is 0 Å². The number of hydrogen-bond acceptors (Lipinski definition) is 6. The lowest BCUT2D eigenvalue weighted by molar-refractivity contribution is 0.0224. The van der Waals surface area contributed by atoms with E-state index >= 15 is 0 Å². The third-order valence-corrected chi connectivity index (χ3v) is 5.62. The summed E-state index contributed by atoms with van der Waals surface area (Å²) in [5, 5.41) is 29.7. The molecule has 9 heteroatoms. The highest BCUT2D eigenvalue weighted by Crippen LogP contribution is 2.54. The van der Waals surface area contributed by atoms with Crippen molar-refractivity contribution >= 4 is 6.09 Å². The van der Waals surface area contributed by atoms with Crippen LogP contribution in [0.25, 0.3) is 0 Å². The highest BCUT2D eigenvalue weighted by molar-refractivity contribution is 5.70. The Labute approximate surface area is 184 Å². The molecule has 1 aliphatic heterocycles. The molecule has 2 N–H and O–H groups in total. The Morgan fingerprint density at radius 2 is 1.88 bits per heavy atom. The topological polar surface area (TPSA) is 127 Å². The first kappa shape index (κ1) is 22.8. The molecule has 32 heavy (non-hydrogen) atoms. The number of nitriles is 3. The van der Waals surface area contributed by atoms with Crippen LogP contribution in [0.3, 0.4) is 0 Å². The highest BCUT2D eigenvalue weighted by atomic mass is 19.2. The standard InChI is InChI=1S/C23H21F2N5O2/c1-22(2,3)32-21(31)30-7-6-14-15(9-26)20(29)23(11-27,12-28)19(16(14)10-30)13-4-5-17(24)18(25)8-13/h4-6,8,16,19H,7,10,29H2,1-3H3/t16-,19-/m0/s1. The second-order valence-electron chi connectivity index (χ2n) is 8.73. The summed E-state index contributed by atoms with van der Waals surface area (Å²) in [5.74, 6) is -4.03. The van der Waals surface area contributed by atoms with Gasteiger partial charge in [0.2, 0.25) is 0 Å². The van der Waals surface area contributed by atoms with Crippen molar-refractivity contribution < 1.29 is 18.3 Å². The molecule has 1 amide bonds. The molecule has 164 valence electrons. The minimum Gasteiger partial charge on any atom is -0.444 e. The molecule has 0 radical (unpaired) electrons. The van der Waals surface area contributed by atoms with Crippen LogP contribution in [0.4, 0.5) is 13.6 Å². The number of amides is 1. The van der Waals surface area contributed by atoms with Gasteiger partial charge in [-0.25, -0.2) is 13.6 Å². The highest BCUT2D eigenvalue weighted by Gasteiger charge is 2.55. The monoisotopic (exact) mass is 437 g/mol. The molecule has 1 aromatic rings. The van der Waals surface area contributed by atoms with Crippen LogP contribution in [0.1, 0.15) is 32.3 Å². The van der Waals surface area contributed by atoms with E-state index in [9.17, 15) is 29.4 Å². The van der Waals surface area contributed by atoms with Gasteiger partial charge in [-0.1, -0.05) is 12.1 Å². The van der Waals surface area contributed by atoms with Crippen molar-refractivity contribution in [2.75, 3.05) is 13.1 Å². The molecule has 3 rings (SSSR count). The Kier molecular flexibility index (Phi) is 5.68. The number of carbonyl (C=O) groups is 1. The second-order valence-corrected chi connectivity index (χ2v) is 8.73. The van der Waals surface area contributed by atoms with Crippen LogP contribution in [0, 0.1) is 57.0 Å². The summed E-state index contributed by atoms with van der Waals surface area (Å²) in [4.78, 5) is 14.1. The molecular weight excluding hydrogens is 416 g/mol. The number of nitrogens with two attached hydrogens (primary N) is 1. The summed E-state index contributed by atoms with van der Waals surface area (Å²) in [5.41, 5.74) is 3.76. The summed E-state index contributed by atoms with van der Waals surface area (Å²) in [6.45, 7) is 5.26. The lowest BCUT2D eigenvalue weighted by Gasteiger charge is -2.45.